The van der Waals surface area contributed by atoms with Crippen molar-refractivity contribution in [2.75, 3.05) is 0 Å². The van der Waals surface area contributed by atoms with Crippen LogP contribution in [-0.4, -0.2) is 15.6 Å². The van der Waals surface area contributed by atoms with Gasteiger partial charge in [0.2, 0.25) is 5.43 Å². The zero-order valence-corrected chi connectivity index (χ0v) is 19.4. The fourth-order valence-corrected chi connectivity index (χ4v) is 4.11. The van der Waals surface area contributed by atoms with Gasteiger partial charge in [0.1, 0.15) is 5.56 Å². The minimum Gasteiger partial charge on any atom is -0.477 e. The van der Waals surface area contributed by atoms with E-state index < -0.39 is 51.6 Å². The molecule has 0 aliphatic rings. The number of nitrogens with zero attached hydrogens (tertiary/aromatic N) is 1. The Morgan fingerprint density at radius 2 is 1.46 bits per heavy atom. The van der Waals surface area contributed by atoms with E-state index in [0.717, 1.165) is 0 Å². The Kier molecular flexibility index (Phi) is 7.02. The number of carboxylic acid groups (broad SMARTS) is 1. The average molecular weight is 538 g/mol. The van der Waals surface area contributed by atoms with Crippen molar-refractivity contribution in [1.29, 1.82) is 0 Å². The van der Waals surface area contributed by atoms with Gasteiger partial charge >= 0.3 is 18.3 Å². The first-order chi connectivity index (χ1) is 16.1. The number of aromatic carboxylic acids is 1. The van der Waals surface area contributed by atoms with E-state index >= 15 is 0 Å². The van der Waals surface area contributed by atoms with E-state index in [1.54, 1.807) is 6.92 Å². The molecule has 0 saturated heterocycles. The molecule has 0 spiro atoms. The van der Waals surface area contributed by atoms with Gasteiger partial charge in [-0.05, 0) is 49.7 Å². The van der Waals surface area contributed by atoms with E-state index in [1.807, 2.05) is 0 Å². The molecule has 1 N–H and O–H groups in total. The number of hydrogen-bond donors (Lipinski definition) is 1. The van der Waals surface area contributed by atoms with Crippen LogP contribution < -0.4 is 5.43 Å². The van der Waals surface area contributed by atoms with Gasteiger partial charge < -0.3 is 9.67 Å². The summed E-state index contributed by atoms with van der Waals surface area (Å²) in [5.41, 5.74) is -6.62. The summed E-state index contributed by atoms with van der Waals surface area (Å²) in [5.74, 6) is -1.72. The lowest BCUT2D eigenvalue weighted by molar-refractivity contribution is -0.143. The number of benzene rings is 2. The average Bonchev–Trinajstić information content (AvgIpc) is 2.73. The van der Waals surface area contributed by atoms with Crippen molar-refractivity contribution in [1.82, 2.24) is 4.57 Å². The van der Waals surface area contributed by atoms with Crippen LogP contribution in [0.4, 0.5) is 26.3 Å². The van der Waals surface area contributed by atoms with Gasteiger partial charge in [0.25, 0.3) is 0 Å². The molecule has 186 valence electrons. The van der Waals surface area contributed by atoms with Crippen LogP contribution in [0, 0.1) is 6.92 Å². The van der Waals surface area contributed by atoms with Crippen LogP contribution in [-0.2, 0) is 18.9 Å². The van der Waals surface area contributed by atoms with E-state index in [2.05, 4.69) is 0 Å². The molecule has 0 radical (unpaired) electrons. The molecule has 1 heterocycles. The van der Waals surface area contributed by atoms with Gasteiger partial charge in [0.15, 0.2) is 0 Å². The molecular weight excluding hydrogens is 523 g/mol. The van der Waals surface area contributed by atoms with Gasteiger partial charge in [0, 0.05) is 23.4 Å². The summed E-state index contributed by atoms with van der Waals surface area (Å²) in [6.45, 7) is 2.90. The van der Waals surface area contributed by atoms with Crippen molar-refractivity contribution in [2.24, 2.45) is 0 Å². The van der Waals surface area contributed by atoms with Gasteiger partial charge in [-0.25, -0.2) is 4.79 Å². The van der Waals surface area contributed by atoms with Crippen LogP contribution in [0.2, 0.25) is 10.0 Å². The number of pyridine rings is 1. The molecule has 0 atom stereocenters. The van der Waals surface area contributed by atoms with Crippen molar-refractivity contribution >= 4 is 29.2 Å². The lowest BCUT2D eigenvalue weighted by atomic mass is 9.93. The fourth-order valence-electron chi connectivity index (χ4n) is 3.81. The molecule has 3 aromatic rings. The monoisotopic (exact) mass is 537 g/mol. The molecule has 4 nitrogen and oxygen atoms in total. The van der Waals surface area contributed by atoms with E-state index in [1.165, 1.54) is 29.7 Å². The molecule has 0 unspecified atom stereocenters. The Morgan fingerprint density at radius 3 is 1.89 bits per heavy atom. The summed E-state index contributed by atoms with van der Waals surface area (Å²) < 4.78 is 81.7. The molecule has 0 aliphatic heterocycles. The molecule has 0 aliphatic carbocycles. The third kappa shape index (κ3) is 5.04. The third-order valence-electron chi connectivity index (χ3n) is 5.33. The first-order valence-electron chi connectivity index (χ1n) is 9.83. The van der Waals surface area contributed by atoms with E-state index in [0.29, 0.717) is 12.1 Å². The number of hydrogen-bond acceptors (Lipinski definition) is 2. The number of halogens is 8. The van der Waals surface area contributed by atoms with Crippen molar-refractivity contribution in [2.45, 2.75) is 32.7 Å². The molecule has 0 amide bonds. The number of rotatable bonds is 4. The predicted octanol–water partition coefficient (Wildman–Crippen LogP) is 7.55. The van der Waals surface area contributed by atoms with Gasteiger partial charge in [-0.2, -0.15) is 26.3 Å². The molecule has 35 heavy (non-hydrogen) atoms. The standard InChI is InChI=1S/C23H15Cl2F6NO3/c1-3-32-10(2)17(12-6-13(22(26,27)28)9-14(7-12)23(29,30)31)20(33)18(21(34)35)19(32)11-4-5-15(24)16(25)8-11/h4-9H,3H2,1-2H3,(H,34,35). The number of alkyl halides is 6. The van der Waals surface area contributed by atoms with Gasteiger partial charge in [0.05, 0.1) is 26.9 Å². The Balaban J connectivity index is 2.50. The van der Waals surface area contributed by atoms with Crippen LogP contribution in [0.5, 0.6) is 0 Å². The van der Waals surface area contributed by atoms with Crippen molar-refractivity contribution < 1.29 is 36.2 Å². The summed E-state index contributed by atoms with van der Waals surface area (Å²) in [7, 11) is 0. The predicted molar refractivity (Wildman–Crippen MR) is 119 cm³/mol. The molecule has 0 saturated carbocycles. The van der Waals surface area contributed by atoms with Crippen molar-refractivity contribution in [3.05, 3.63) is 79.1 Å². The minimum absolute atomic E-state index is 0.0278. The van der Waals surface area contributed by atoms with Crippen LogP contribution in [0.3, 0.4) is 0 Å². The third-order valence-corrected chi connectivity index (χ3v) is 6.07. The van der Waals surface area contributed by atoms with Crippen LogP contribution in [0.15, 0.2) is 41.2 Å². The lowest BCUT2D eigenvalue weighted by Crippen LogP contribution is -2.25. The van der Waals surface area contributed by atoms with Crippen LogP contribution >= 0.6 is 23.2 Å². The minimum atomic E-state index is -5.15. The fraction of sp³-hybridized carbons (Fsp3) is 0.217. The smallest absolute Gasteiger partial charge is 0.416 e. The molecule has 12 heteroatoms. The normalized spacial score (nSPS) is 12.2. The summed E-state index contributed by atoms with van der Waals surface area (Å²) in [4.78, 5) is 25.5. The van der Waals surface area contributed by atoms with E-state index in [4.69, 9.17) is 23.2 Å². The Morgan fingerprint density at radius 1 is 0.914 bits per heavy atom. The zero-order valence-electron chi connectivity index (χ0n) is 17.9. The SMILES string of the molecule is CCn1c(C)c(-c2cc(C(F)(F)F)cc(C(F)(F)F)c2)c(=O)c(C(=O)O)c1-c1ccc(Cl)c(Cl)c1. The van der Waals surface area contributed by atoms with Crippen LogP contribution in [0.1, 0.15) is 34.1 Å². The summed E-state index contributed by atoms with van der Waals surface area (Å²) >= 11 is 12.0. The van der Waals surface area contributed by atoms with Crippen LogP contribution in [0.25, 0.3) is 22.4 Å². The second kappa shape index (κ2) is 9.23. The molecular formula is C23H15Cl2F6NO3. The zero-order chi connectivity index (χ0) is 26.5. The lowest BCUT2D eigenvalue weighted by Gasteiger charge is -2.22. The number of carboxylic acids is 1. The Hall–Kier alpha value is -2.98. The second-order valence-electron chi connectivity index (χ2n) is 7.49. The highest BCUT2D eigenvalue weighted by molar-refractivity contribution is 6.42. The largest absolute Gasteiger partial charge is 0.477 e. The van der Waals surface area contributed by atoms with Gasteiger partial charge in [-0.3, -0.25) is 4.79 Å². The molecule has 3 rings (SSSR count). The van der Waals surface area contributed by atoms with E-state index in [-0.39, 0.29) is 39.6 Å². The van der Waals surface area contributed by atoms with E-state index in [9.17, 15) is 41.0 Å². The summed E-state index contributed by atoms with van der Waals surface area (Å²) in [5, 5.41) is 10.0. The first kappa shape index (κ1) is 26.6. The maximum absolute atomic E-state index is 13.4. The maximum Gasteiger partial charge on any atom is 0.416 e. The highest BCUT2D eigenvalue weighted by Crippen LogP contribution is 2.39. The summed E-state index contributed by atoms with van der Waals surface area (Å²) in [6, 6.07) is 4.78. The van der Waals surface area contributed by atoms with Crippen molar-refractivity contribution in [3.8, 4) is 22.4 Å². The van der Waals surface area contributed by atoms with Gasteiger partial charge in [-0.15, -0.1) is 0 Å². The van der Waals surface area contributed by atoms with Crippen molar-refractivity contribution in [3.63, 3.8) is 0 Å². The Labute approximate surface area is 204 Å². The molecule has 0 bridgehead atoms. The second-order valence-corrected chi connectivity index (χ2v) is 8.30. The summed E-state index contributed by atoms with van der Waals surface area (Å²) in [6.07, 6.45) is -10.3. The number of carbonyl (C=O) groups is 1. The molecule has 1 aromatic heterocycles. The Bertz CT molecular complexity index is 1360. The molecule has 0 fully saturated rings. The molecule has 2 aromatic carbocycles. The topological polar surface area (TPSA) is 59.3 Å². The van der Waals surface area contributed by atoms with Gasteiger partial charge in [-0.1, -0.05) is 29.3 Å². The quantitative estimate of drug-likeness (QED) is 0.349. The number of aromatic nitrogens is 1. The maximum atomic E-state index is 13.4. The highest BCUT2D eigenvalue weighted by atomic mass is 35.5. The first-order valence-corrected chi connectivity index (χ1v) is 10.6. The highest BCUT2D eigenvalue weighted by Gasteiger charge is 2.38.